The van der Waals surface area contributed by atoms with Gasteiger partial charge in [-0.2, -0.15) is 15.3 Å². The van der Waals surface area contributed by atoms with Gasteiger partial charge in [-0.25, -0.2) is 10.9 Å². The van der Waals surface area contributed by atoms with Gasteiger partial charge in [-0.15, -0.1) is 0 Å². The van der Waals surface area contributed by atoms with Crippen molar-refractivity contribution in [2.45, 2.75) is 39.3 Å². The molecule has 0 saturated carbocycles. The molecule has 3 rings (SSSR count). The second kappa shape index (κ2) is 8.73. The topological polar surface area (TPSA) is 110 Å². The van der Waals surface area contributed by atoms with Crippen LogP contribution in [0.2, 0.25) is 0 Å². The number of phenolic OH excluding ortho intramolecular Hbond substituents is 1. The van der Waals surface area contributed by atoms with E-state index in [1.807, 2.05) is 39.0 Å². The first-order chi connectivity index (χ1) is 13.4. The number of benzene rings is 2. The summed E-state index contributed by atoms with van der Waals surface area (Å²) >= 11 is 0. The number of nitrogens with one attached hydrogen (secondary N) is 3. The fraction of sp³-hybridized carbons (Fsp3) is 0.300. The summed E-state index contributed by atoms with van der Waals surface area (Å²) in [5.74, 6) is -0.199. The molecule has 8 nitrogen and oxygen atoms in total. The van der Waals surface area contributed by atoms with Gasteiger partial charge in [-0.1, -0.05) is 6.07 Å². The maximum absolute atomic E-state index is 12.0. The molecule has 1 heterocycles. The highest BCUT2D eigenvalue weighted by molar-refractivity contribution is 5.87. The zero-order valence-electron chi connectivity index (χ0n) is 16.1. The SMILES string of the molecule is Cc1ccc(N=Nc2ccc(O)c(/C=N/NC(=O)C3CC(C)NN3)c2)cc1C. The van der Waals surface area contributed by atoms with Crippen LogP contribution in [0, 0.1) is 13.8 Å². The highest BCUT2D eigenvalue weighted by Gasteiger charge is 2.26. The number of hydrogen-bond donors (Lipinski definition) is 4. The highest BCUT2D eigenvalue weighted by atomic mass is 16.3. The normalized spacial score (nSPS) is 19.5. The van der Waals surface area contributed by atoms with Crippen LogP contribution in [-0.2, 0) is 4.79 Å². The largest absolute Gasteiger partial charge is 0.507 e. The number of phenols is 1. The van der Waals surface area contributed by atoms with Crippen LogP contribution in [0.25, 0.3) is 0 Å². The van der Waals surface area contributed by atoms with Crippen molar-refractivity contribution < 1.29 is 9.90 Å². The highest BCUT2D eigenvalue weighted by Crippen LogP contribution is 2.25. The number of amides is 1. The lowest BCUT2D eigenvalue weighted by Gasteiger charge is -2.06. The van der Waals surface area contributed by atoms with E-state index in [0.29, 0.717) is 17.7 Å². The second-order valence-electron chi connectivity index (χ2n) is 6.92. The monoisotopic (exact) mass is 380 g/mol. The molecule has 1 saturated heterocycles. The average molecular weight is 380 g/mol. The van der Waals surface area contributed by atoms with E-state index in [1.165, 1.54) is 17.8 Å². The van der Waals surface area contributed by atoms with E-state index in [4.69, 9.17) is 0 Å². The molecular weight excluding hydrogens is 356 g/mol. The molecule has 2 unspecified atom stereocenters. The van der Waals surface area contributed by atoms with Crippen LogP contribution >= 0.6 is 0 Å². The van der Waals surface area contributed by atoms with Gasteiger partial charge in [0.05, 0.1) is 17.6 Å². The summed E-state index contributed by atoms with van der Waals surface area (Å²) in [6, 6.07) is 10.6. The Bertz CT molecular complexity index is 925. The van der Waals surface area contributed by atoms with Gasteiger partial charge in [0.15, 0.2) is 0 Å². The lowest BCUT2D eigenvalue weighted by Crippen LogP contribution is -2.41. The molecule has 0 aliphatic carbocycles. The van der Waals surface area contributed by atoms with Crippen molar-refractivity contribution in [3.63, 3.8) is 0 Å². The Morgan fingerprint density at radius 2 is 1.82 bits per heavy atom. The van der Waals surface area contributed by atoms with Gasteiger partial charge in [0.2, 0.25) is 0 Å². The zero-order chi connectivity index (χ0) is 20.1. The predicted octanol–water partition coefficient (Wildman–Crippen LogP) is 3.13. The first-order valence-electron chi connectivity index (χ1n) is 9.08. The summed E-state index contributed by atoms with van der Waals surface area (Å²) in [5, 5.41) is 22.4. The minimum absolute atomic E-state index is 0.0393. The van der Waals surface area contributed by atoms with E-state index in [1.54, 1.807) is 12.1 Å². The van der Waals surface area contributed by atoms with E-state index >= 15 is 0 Å². The minimum atomic E-state index is -0.334. The van der Waals surface area contributed by atoms with Crippen LogP contribution in [0.15, 0.2) is 51.7 Å². The third-order valence-corrected chi connectivity index (χ3v) is 4.57. The fourth-order valence-electron chi connectivity index (χ4n) is 2.74. The van der Waals surface area contributed by atoms with Crippen molar-refractivity contribution in [3.05, 3.63) is 53.1 Å². The fourth-order valence-corrected chi connectivity index (χ4v) is 2.74. The summed E-state index contributed by atoms with van der Waals surface area (Å²) < 4.78 is 0. The number of aromatic hydroxyl groups is 1. The molecule has 2 aromatic carbocycles. The zero-order valence-corrected chi connectivity index (χ0v) is 16.1. The van der Waals surface area contributed by atoms with Crippen LogP contribution in [-0.4, -0.2) is 29.3 Å². The molecule has 0 radical (unpaired) electrons. The third kappa shape index (κ3) is 4.99. The van der Waals surface area contributed by atoms with Crippen molar-refractivity contribution in [1.82, 2.24) is 16.3 Å². The Morgan fingerprint density at radius 1 is 1.11 bits per heavy atom. The quantitative estimate of drug-likeness (QED) is 0.363. The molecule has 146 valence electrons. The summed E-state index contributed by atoms with van der Waals surface area (Å²) in [4.78, 5) is 12.0. The summed E-state index contributed by atoms with van der Waals surface area (Å²) in [5.41, 5.74) is 12.5. The lowest BCUT2D eigenvalue weighted by molar-refractivity contribution is -0.122. The molecule has 2 atom stereocenters. The van der Waals surface area contributed by atoms with Gasteiger partial charge in [-0.3, -0.25) is 10.2 Å². The lowest BCUT2D eigenvalue weighted by atomic mass is 10.1. The van der Waals surface area contributed by atoms with E-state index in [0.717, 1.165) is 11.3 Å². The molecule has 1 fully saturated rings. The first-order valence-corrected chi connectivity index (χ1v) is 9.08. The summed E-state index contributed by atoms with van der Waals surface area (Å²) in [6.45, 7) is 6.05. The molecule has 0 bridgehead atoms. The Morgan fingerprint density at radius 3 is 2.50 bits per heavy atom. The maximum Gasteiger partial charge on any atom is 0.258 e. The minimum Gasteiger partial charge on any atom is -0.507 e. The number of hydrogen-bond acceptors (Lipinski definition) is 7. The standard InChI is InChI=1S/C20H24N6O2/c1-12-4-5-16(8-13(12)2)23-24-17-6-7-19(27)15(10-17)11-21-26-20(28)18-9-14(3)22-25-18/h4-8,10-11,14,18,22,25,27H,9H2,1-3H3,(H,26,28)/b21-11+,24-23?. The number of hydrazine groups is 1. The van der Waals surface area contributed by atoms with Crippen LogP contribution < -0.4 is 16.3 Å². The molecule has 0 aromatic heterocycles. The van der Waals surface area contributed by atoms with Crippen LogP contribution in [0.3, 0.4) is 0 Å². The molecule has 1 amide bonds. The smallest absolute Gasteiger partial charge is 0.258 e. The average Bonchev–Trinajstić information content (AvgIpc) is 3.11. The Kier molecular flexibility index (Phi) is 6.13. The van der Waals surface area contributed by atoms with E-state index in [9.17, 15) is 9.90 Å². The van der Waals surface area contributed by atoms with Crippen molar-refractivity contribution in [2.24, 2.45) is 15.3 Å². The molecule has 4 N–H and O–H groups in total. The second-order valence-corrected chi connectivity index (χ2v) is 6.92. The number of rotatable bonds is 5. The van der Waals surface area contributed by atoms with E-state index < -0.39 is 0 Å². The molecule has 8 heteroatoms. The third-order valence-electron chi connectivity index (χ3n) is 4.57. The van der Waals surface area contributed by atoms with E-state index in [2.05, 4.69) is 31.6 Å². The first kappa shape index (κ1) is 19.7. The number of carbonyl (C=O) groups excluding carboxylic acids is 1. The van der Waals surface area contributed by atoms with Crippen LogP contribution in [0.1, 0.15) is 30.0 Å². The van der Waals surface area contributed by atoms with Crippen molar-refractivity contribution in [2.75, 3.05) is 0 Å². The Hall–Kier alpha value is -3.10. The van der Waals surface area contributed by atoms with Gasteiger partial charge in [0.25, 0.3) is 5.91 Å². The molecule has 0 spiro atoms. The molecule has 1 aliphatic rings. The van der Waals surface area contributed by atoms with Crippen LogP contribution in [0.5, 0.6) is 5.75 Å². The number of hydrazone groups is 1. The van der Waals surface area contributed by atoms with Gasteiger partial charge in [-0.05, 0) is 68.7 Å². The van der Waals surface area contributed by atoms with Crippen LogP contribution in [0.4, 0.5) is 11.4 Å². The molecule has 1 aliphatic heterocycles. The molecular formula is C20H24N6O2. The van der Waals surface area contributed by atoms with E-state index in [-0.39, 0.29) is 23.7 Å². The van der Waals surface area contributed by atoms with Gasteiger partial charge < -0.3 is 5.11 Å². The number of azo groups is 1. The predicted molar refractivity (Wildman–Crippen MR) is 108 cm³/mol. The maximum atomic E-state index is 12.0. The Labute approximate surface area is 163 Å². The number of carbonyl (C=O) groups is 1. The van der Waals surface area contributed by atoms with Gasteiger partial charge in [0.1, 0.15) is 11.8 Å². The van der Waals surface area contributed by atoms with Gasteiger partial charge in [0, 0.05) is 11.6 Å². The summed E-state index contributed by atoms with van der Waals surface area (Å²) in [6.07, 6.45) is 2.06. The van der Waals surface area contributed by atoms with Crippen molar-refractivity contribution in [1.29, 1.82) is 0 Å². The van der Waals surface area contributed by atoms with Gasteiger partial charge >= 0.3 is 0 Å². The van der Waals surface area contributed by atoms with Crippen molar-refractivity contribution in [3.8, 4) is 5.75 Å². The van der Waals surface area contributed by atoms with Crippen molar-refractivity contribution >= 4 is 23.5 Å². The number of nitrogens with zero attached hydrogens (tertiary/aromatic N) is 3. The summed E-state index contributed by atoms with van der Waals surface area (Å²) in [7, 11) is 0. The Balaban J connectivity index is 1.66. The number of aryl methyl sites for hydroxylation is 2. The molecule has 28 heavy (non-hydrogen) atoms. The molecule has 2 aromatic rings.